The highest BCUT2D eigenvalue weighted by molar-refractivity contribution is 5.52. The third-order valence-corrected chi connectivity index (χ3v) is 4.42. The van der Waals surface area contributed by atoms with E-state index in [4.69, 9.17) is 4.74 Å². The number of benzene rings is 1. The van der Waals surface area contributed by atoms with Crippen LogP contribution >= 0.6 is 0 Å². The molecule has 2 aromatic rings. The number of rotatable bonds is 6. The van der Waals surface area contributed by atoms with Gasteiger partial charge in [0.05, 0.1) is 12.7 Å². The van der Waals surface area contributed by atoms with Crippen molar-refractivity contribution in [2.45, 2.75) is 13.0 Å². The molecule has 1 aliphatic rings. The molecule has 1 aliphatic heterocycles. The van der Waals surface area contributed by atoms with E-state index in [1.165, 1.54) is 15.7 Å². The monoisotopic (exact) mass is 354 g/mol. The van der Waals surface area contributed by atoms with Crippen molar-refractivity contribution in [1.29, 1.82) is 0 Å². The molecule has 0 spiro atoms. The molecule has 0 amide bonds. The Hall–Kier alpha value is -2.44. The number of ether oxygens (including phenoxy) is 1. The van der Waals surface area contributed by atoms with Gasteiger partial charge in [0.2, 0.25) is 0 Å². The van der Waals surface area contributed by atoms with E-state index in [1.807, 2.05) is 6.07 Å². The average Bonchev–Trinajstić information content (AvgIpc) is 2.64. The molecule has 3 rings (SSSR count). The van der Waals surface area contributed by atoms with E-state index in [1.54, 1.807) is 19.4 Å². The fraction of sp³-hybridized carbons (Fsp3) is 0.400. The SMILES string of the molecule is CC(=Cc1ccccc1)CN1CCOC(CNc2nccn(C)c2=O)C1. The number of nitrogens with one attached hydrogen (secondary N) is 1. The second-order valence-electron chi connectivity index (χ2n) is 6.70. The zero-order valence-electron chi connectivity index (χ0n) is 15.4. The fourth-order valence-electron chi connectivity index (χ4n) is 3.11. The summed E-state index contributed by atoms with van der Waals surface area (Å²) in [5.74, 6) is 0.371. The largest absolute Gasteiger partial charge is 0.374 e. The van der Waals surface area contributed by atoms with Crippen LogP contribution in [0.5, 0.6) is 0 Å². The Bertz CT molecular complexity index is 801. The maximum atomic E-state index is 12.0. The van der Waals surface area contributed by atoms with Gasteiger partial charge >= 0.3 is 0 Å². The summed E-state index contributed by atoms with van der Waals surface area (Å²) in [6.45, 7) is 6.10. The lowest BCUT2D eigenvalue weighted by atomic mass is 10.1. The van der Waals surface area contributed by atoms with Crippen LogP contribution in [0.3, 0.4) is 0 Å². The summed E-state index contributed by atoms with van der Waals surface area (Å²) < 4.78 is 7.35. The highest BCUT2D eigenvalue weighted by Crippen LogP contribution is 2.11. The predicted molar refractivity (Wildman–Crippen MR) is 104 cm³/mol. The Kier molecular flexibility index (Phi) is 6.20. The van der Waals surface area contributed by atoms with Crippen molar-refractivity contribution in [1.82, 2.24) is 14.5 Å². The molecule has 1 atom stereocenters. The number of aromatic nitrogens is 2. The number of morpholine rings is 1. The lowest BCUT2D eigenvalue weighted by Crippen LogP contribution is -2.46. The average molecular weight is 354 g/mol. The Morgan fingerprint density at radius 1 is 1.38 bits per heavy atom. The Labute approximate surface area is 154 Å². The lowest BCUT2D eigenvalue weighted by Gasteiger charge is -2.33. The van der Waals surface area contributed by atoms with Gasteiger partial charge in [-0.05, 0) is 12.5 Å². The minimum atomic E-state index is -0.123. The van der Waals surface area contributed by atoms with Gasteiger partial charge in [0.25, 0.3) is 5.56 Å². The minimum Gasteiger partial charge on any atom is -0.374 e. The zero-order valence-corrected chi connectivity index (χ0v) is 15.4. The van der Waals surface area contributed by atoms with Gasteiger partial charge in [0.15, 0.2) is 5.82 Å². The lowest BCUT2D eigenvalue weighted by molar-refractivity contribution is -0.0177. The van der Waals surface area contributed by atoms with Crippen molar-refractivity contribution < 1.29 is 4.74 Å². The zero-order chi connectivity index (χ0) is 18.4. The number of anilines is 1. The number of nitrogens with zero attached hydrogens (tertiary/aromatic N) is 3. The van der Waals surface area contributed by atoms with Crippen molar-refractivity contribution in [3.8, 4) is 0 Å². The molecule has 1 fully saturated rings. The minimum absolute atomic E-state index is 0.0417. The normalized spacial score (nSPS) is 18.7. The molecule has 6 heteroatoms. The molecule has 26 heavy (non-hydrogen) atoms. The van der Waals surface area contributed by atoms with Gasteiger partial charge in [-0.15, -0.1) is 0 Å². The van der Waals surface area contributed by atoms with Crippen molar-refractivity contribution >= 4 is 11.9 Å². The van der Waals surface area contributed by atoms with Crippen LogP contribution in [0.4, 0.5) is 5.82 Å². The summed E-state index contributed by atoms with van der Waals surface area (Å²) in [6, 6.07) is 10.4. The molecule has 1 unspecified atom stereocenters. The van der Waals surface area contributed by atoms with E-state index in [-0.39, 0.29) is 11.7 Å². The Morgan fingerprint density at radius 2 is 2.19 bits per heavy atom. The highest BCUT2D eigenvalue weighted by Gasteiger charge is 2.20. The third kappa shape index (κ3) is 5.03. The van der Waals surface area contributed by atoms with Crippen LogP contribution in [0.15, 0.2) is 53.1 Å². The van der Waals surface area contributed by atoms with E-state index < -0.39 is 0 Å². The molecule has 0 radical (unpaired) electrons. The second-order valence-corrected chi connectivity index (χ2v) is 6.70. The van der Waals surface area contributed by atoms with Crippen LogP contribution in [0, 0.1) is 0 Å². The first kappa shape index (κ1) is 18.4. The van der Waals surface area contributed by atoms with Crippen LogP contribution in [-0.4, -0.2) is 53.3 Å². The molecular weight excluding hydrogens is 328 g/mol. The van der Waals surface area contributed by atoms with Gasteiger partial charge in [-0.3, -0.25) is 9.69 Å². The number of hydrogen-bond donors (Lipinski definition) is 1. The molecule has 1 saturated heterocycles. The summed E-state index contributed by atoms with van der Waals surface area (Å²) >= 11 is 0. The van der Waals surface area contributed by atoms with Crippen LogP contribution < -0.4 is 10.9 Å². The first-order valence-corrected chi connectivity index (χ1v) is 8.93. The van der Waals surface area contributed by atoms with Crippen molar-refractivity contribution in [3.63, 3.8) is 0 Å². The summed E-state index contributed by atoms with van der Waals surface area (Å²) in [4.78, 5) is 18.5. The predicted octanol–water partition coefficient (Wildman–Crippen LogP) is 2.00. The first-order chi connectivity index (χ1) is 12.6. The van der Waals surface area contributed by atoms with Gasteiger partial charge in [0, 0.05) is 45.6 Å². The summed E-state index contributed by atoms with van der Waals surface area (Å²) in [5.41, 5.74) is 2.42. The van der Waals surface area contributed by atoms with Crippen LogP contribution in [0.25, 0.3) is 6.08 Å². The molecule has 0 aliphatic carbocycles. The van der Waals surface area contributed by atoms with E-state index in [0.29, 0.717) is 19.0 Å². The van der Waals surface area contributed by atoms with Crippen LogP contribution in [-0.2, 0) is 11.8 Å². The first-order valence-electron chi connectivity index (χ1n) is 8.93. The Morgan fingerprint density at radius 3 is 3.00 bits per heavy atom. The van der Waals surface area contributed by atoms with E-state index in [2.05, 4.69) is 52.5 Å². The standard InChI is InChI=1S/C20H26N4O2/c1-16(12-17-6-4-3-5-7-17)14-24-10-11-26-18(15-24)13-22-19-20(25)23(2)9-8-21-19/h3-9,12,18H,10-11,13-15H2,1-2H3,(H,21,22). The quantitative estimate of drug-likeness (QED) is 0.860. The number of hydrogen-bond acceptors (Lipinski definition) is 5. The van der Waals surface area contributed by atoms with Gasteiger partial charge < -0.3 is 14.6 Å². The van der Waals surface area contributed by atoms with Gasteiger partial charge in [-0.2, -0.15) is 0 Å². The van der Waals surface area contributed by atoms with E-state index in [9.17, 15) is 4.79 Å². The maximum absolute atomic E-state index is 12.0. The molecule has 1 aromatic heterocycles. The maximum Gasteiger partial charge on any atom is 0.293 e. The van der Waals surface area contributed by atoms with E-state index >= 15 is 0 Å². The summed E-state index contributed by atoms with van der Waals surface area (Å²) in [7, 11) is 1.72. The molecule has 0 bridgehead atoms. The molecular formula is C20H26N4O2. The molecule has 2 heterocycles. The fourth-order valence-corrected chi connectivity index (χ4v) is 3.11. The van der Waals surface area contributed by atoms with Crippen molar-refractivity contribution in [2.75, 3.05) is 38.1 Å². The molecule has 138 valence electrons. The summed E-state index contributed by atoms with van der Waals surface area (Å²) in [5, 5.41) is 3.13. The topological polar surface area (TPSA) is 59.4 Å². The van der Waals surface area contributed by atoms with Gasteiger partial charge in [-0.25, -0.2) is 4.98 Å². The molecule has 1 aromatic carbocycles. The van der Waals surface area contributed by atoms with Crippen LogP contribution in [0.1, 0.15) is 12.5 Å². The second kappa shape index (κ2) is 8.78. The van der Waals surface area contributed by atoms with Crippen LogP contribution in [0.2, 0.25) is 0 Å². The van der Waals surface area contributed by atoms with Gasteiger partial charge in [-0.1, -0.05) is 42.0 Å². The molecule has 1 N–H and O–H groups in total. The Balaban J connectivity index is 1.53. The summed E-state index contributed by atoms with van der Waals surface area (Å²) in [6.07, 6.45) is 5.53. The molecule has 6 nitrogen and oxygen atoms in total. The van der Waals surface area contributed by atoms with E-state index in [0.717, 1.165) is 19.6 Å². The smallest absolute Gasteiger partial charge is 0.293 e. The van der Waals surface area contributed by atoms with Gasteiger partial charge in [0.1, 0.15) is 0 Å². The third-order valence-electron chi connectivity index (χ3n) is 4.42. The molecule has 0 saturated carbocycles. The van der Waals surface area contributed by atoms with Crippen molar-refractivity contribution in [2.24, 2.45) is 7.05 Å². The van der Waals surface area contributed by atoms with Crippen molar-refractivity contribution in [3.05, 3.63) is 64.2 Å². The number of aryl methyl sites for hydroxylation is 1. The highest BCUT2D eigenvalue weighted by atomic mass is 16.5.